The second-order valence-electron chi connectivity index (χ2n) is 10.7. The number of nitrogens with one attached hydrogen (secondary N) is 1. The van der Waals surface area contributed by atoms with E-state index >= 15 is 0 Å². The summed E-state index contributed by atoms with van der Waals surface area (Å²) in [7, 11) is 0. The number of nitrogens with zero attached hydrogens (tertiary/aromatic N) is 3. The number of fused-ring (bicyclic) bond motifs is 2. The molecule has 1 N–H and O–H groups in total. The SMILES string of the molecule is CCOc1ccc(Nc2nc(OCCCc3ccccc3)nc(OCCCc3ccccc3)n2)c2c1C(=O)c1ccccc1C2=O. The Kier molecular flexibility index (Phi) is 9.58. The molecule has 46 heavy (non-hydrogen) atoms. The van der Waals surface area contributed by atoms with E-state index in [0.717, 1.165) is 25.7 Å². The second kappa shape index (κ2) is 14.5. The first kappa shape index (κ1) is 30.5. The van der Waals surface area contributed by atoms with E-state index in [2.05, 4.69) is 44.5 Å². The van der Waals surface area contributed by atoms with Crippen LogP contribution in [0.4, 0.5) is 11.6 Å². The summed E-state index contributed by atoms with van der Waals surface area (Å²) in [6, 6.07) is 30.7. The Morgan fingerprint density at radius 2 is 1.11 bits per heavy atom. The third-order valence-electron chi connectivity index (χ3n) is 7.55. The van der Waals surface area contributed by atoms with Gasteiger partial charge in [0.15, 0.2) is 11.6 Å². The fourth-order valence-corrected chi connectivity index (χ4v) is 5.39. The summed E-state index contributed by atoms with van der Waals surface area (Å²) in [6.45, 7) is 2.93. The van der Waals surface area contributed by atoms with Crippen molar-refractivity contribution in [2.75, 3.05) is 25.1 Å². The summed E-state index contributed by atoms with van der Waals surface area (Å²) in [5.74, 6) is -0.107. The molecule has 1 heterocycles. The standard InChI is InChI=1S/C37H34N4O5/c1-2-44-30-22-21-29(31-32(30)34(43)28-20-10-9-19-27(28)33(31)42)38-35-39-36(45-23-11-17-25-13-5-3-6-14-25)41-37(40-35)46-24-12-18-26-15-7-4-8-16-26/h3-10,13-16,19-22H,2,11-12,17-18,23-24H2,1H3,(H,38,39,40,41). The number of carbonyl (C=O) groups is 2. The molecule has 9 nitrogen and oxygen atoms in total. The van der Waals surface area contributed by atoms with Gasteiger partial charge in [0.1, 0.15) is 5.75 Å². The van der Waals surface area contributed by atoms with Crippen LogP contribution in [0.1, 0.15) is 62.7 Å². The molecule has 0 bridgehead atoms. The Bertz CT molecular complexity index is 1760. The van der Waals surface area contributed by atoms with Gasteiger partial charge in [-0.25, -0.2) is 0 Å². The van der Waals surface area contributed by atoms with E-state index in [4.69, 9.17) is 14.2 Å². The molecule has 1 aliphatic rings. The average Bonchev–Trinajstić information content (AvgIpc) is 3.09. The number of aryl methyl sites for hydroxylation is 2. The molecule has 232 valence electrons. The largest absolute Gasteiger partial charge is 0.493 e. The first-order chi connectivity index (χ1) is 22.6. The minimum Gasteiger partial charge on any atom is -0.493 e. The Hall–Kier alpha value is -5.57. The molecule has 5 aromatic rings. The van der Waals surface area contributed by atoms with Crippen molar-refractivity contribution in [3.8, 4) is 17.8 Å². The van der Waals surface area contributed by atoms with Crippen molar-refractivity contribution in [1.82, 2.24) is 15.0 Å². The average molecular weight is 615 g/mol. The summed E-state index contributed by atoms with van der Waals surface area (Å²) >= 11 is 0. The minimum atomic E-state index is -0.293. The summed E-state index contributed by atoms with van der Waals surface area (Å²) in [5.41, 5.74) is 3.88. The van der Waals surface area contributed by atoms with Gasteiger partial charge in [-0.3, -0.25) is 9.59 Å². The zero-order chi connectivity index (χ0) is 31.7. The highest BCUT2D eigenvalue weighted by molar-refractivity contribution is 6.31. The van der Waals surface area contributed by atoms with Crippen molar-refractivity contribution < 1.29 is 23.8 Å². The maximum absolute atomic E-state index is 13.8. The van der Waals surface area contributed by atoms with E-state index in [1.165, 1.54) is 11.1 Å². The molecule has 9 heteroatoms. The molecule has 0 aliphatic heterocycles. The first-order valence-electron chi connectivity index (χ1n) is 15.5. The van der Waals surface area contributed by atoms with E-state index < -0.39 is 0 Å². The highest BCUT2D eigenvalue weighted by Gasteiger charge is 2.34. The summed E-state index contributed by atoms with van der Waals surface area (Å²) in [4.78, 5) is 40.8. The summed E-state index contributed by atoms with van der Waals surface area (Å²) in [6.07, 6.45) is 3.20. The normalized spacial score (nSPS) is 11.8. The molecular weight excluding hydrogens is 580 g/mol. The molecule has 0 fully saturated rings. The van der Waals surface area contributed by atoms with Crippen molar-refractivity contribution in [1.29, 1.82) is 0 Å². The molecule has 0 saturated carbocycles. The molecule has 6 rings (SSSR count). The third-order valence-corrected chi connectivity index (χ3v) is 7.55. The molecular formula is C37H34N4O5. The van der Waals surface area contributed by atoms with Crippen LogP contribution in [-0.4, -0.2) is 46.3 Å². The molecule has 1 aromatic heterocycles. The lowest BCUT2D eigenvalue weighted by atomic mass is 9.82. The van der Waals surface area contributed by atoms with Crippen molar-refractivity contribution in [2.24, 2.45) is 0 Å². The smallest absolute Gasteiger partial charge is 0.324 e. The van der Waals surface area contributed by atoms with Crippen molar-refractivity contribution in [3.63, 3.8) is 0 Å². The fourth-order valence-electron chi connectivity index (χ4n) is 5.39. The van der Waals surface area contributed by atoms with Gasteiger partial charge in [0.05, 0.1) is 36.6 Å². The number of carbonyl (C=O) groups excluding carboxylic acids is 2. The highest BCUT2D eigenvalue weighted by atomic mass is 16.5. The summed E-state index contributed by atoms with van der Waals surface area (Å²) < 4.78 is 17.7. The molecule has 0 radical (unpaired) electrons. The van der Waals surface area contributed by atoms with Crippen LogP contribution in [0, 0.1) is 0 Å². The number of ketones is 2. The maximum Gasteiger partial charge on any atom is 0.324 e. The van der Waals surface area contributed by atoms with E-state index in [-0.39, 0.29) is 40.7 Å². The number of hydrogen-bond acceptors (Lipinski definition) is 9. The Morgan fingerprint density at radius 3 is 1.65 bits per heavy atom. The van der Waals surface area contributed by atoms with Crippen molar-refractivity contribution in [3.05, 3.63) is 130 Å². The lowest BCUT2D eigenvalue weighted by Crippen LogP contribution is -2.23. The van der Waals surface area contributed by atoms with Crippen LogP contribution in [0.25, 0.3) is 0 Å². The zero-order valence-electron chi connectivity index (χ0n) is 25.6. The van der Waals surface area contributed by atoms with Gasteiger partial charge < -0.3 is 19.5 Å². The van der Waals surface area contributed by atoms with Crippen LogP contribution >= 0.6 is 0 Å². The molecule has 0 spiro atoms. The van der Waals surface area contributed by atoms with Gasteiger partial charge in [0.2, 0.25) is 5.95 Å². The van der Waals surface area contributed by atoms with Gasteiger partial charge in [-0.1, -0.05) is 84.9 Å². The van der Waals surface area contributed by atoms with Gasteiger partial charge >= 0.3 is 12.0 Å². The molecule has 0 amide bonds. The number of ether oxygens (including phenoxy) is 3. The molecule has 0 atom stereocenters. The Morgan fingerprint density at radius 1 is 0.587 bits per heavy atom. The van der Waals surface area contributed by atoms with E-state index in [1.54, 1.807) is 36.4 Å². The van der Waals surface area contributed by atoms with Gasteiger partial charge in [-0.05, 0) is 55.9 Å². The second-order valence-corrected chi connectivity index (χ2v) is 10.7. The Labute approximate surface area is 267 Å². The lowest BCUT2D eigenvalue weighted by molar-refractivity contribution is 0.0976. The highest BCUT2D eigenvalue weighted by Crippen LogP contribution is 2.38. The molecule has 0 saturated heterocycles. The molecule has 4 aromatic carbocycles. The van der Waals surface area contributed by atoms with Crippen LogP contribution in [0.3, 0.4) is 0 Å². The van der Waals surface area contributed by atoms with Crippen LogP contribution in [0.5, 0.6) is 17.8 Å². The minimum absolute atomic E-state index is 0.0937. The first-order valence-corrected chi connectivity index (χ1v) is 15.5. The van der Waals surface area contributed by atoms with Crippen LogP contribution in [0.15, 0.2) is 97.1 Å². The van der Waals surface area contributed by atoms with Crippen LogP contribution < -0.4 is 19.5 Å². The Balaban J connectivity index is 1.25. The molecule has 0 unspecified atom stereocenters. The predicted molar refractivity (Wildman–Crippen MR) is 175 cm³/mol. The monoisotopic (exact) mass is 614 g/mol. The number of aromatic nitrogens is 3. The maximum atomic E-state index is 13.8. The van der Waals surface area contributed by atoms with Gasteiger partial charge in [0.25, 0.3) is 0 Å². The summed E-state index contributed by atoms with van der Waals surface area (Å²) in [5, 5.41) is 3.15. The topological polar surface area (TPSA) is 113 Å². The molecule has 1 aliphatic carbocycles. The van der Waals surface area contributed by atoms with Crippen LogP contribution in [0.2, 0.25) is 0 Å². The zero-order valence-corrected chi connectivity index (χ0v) is 25.6. The van der Waals surface area contributed by atoms with Gasteiger partial charge in [-0.15, -0.1) is 4.98 Å². The number of benzene rings is 4. The van der Waals surface area contributed by atoms with Crippen molar-refractivity contribution >= 4 is 23.2 Å². The fraction of sp³-hybridized carbons (Fsp3) is 0.216. The van der Waals surface area contributed by atoms with Gasteiger partial charge in [0, 0.05) is 11.1 Å². The van der Waals surface area contributed by atoms with Crippen LogP contribution in [-0.2, 0) is 12.8 Å². The van der Waals surface area contributed by atoms with Gasteiger partial charge in [-0.2, -0.15) is 9.97 Å². The number of anilines is 2. The number of hydrogen-bond donors (Lipinski definition) is 1. The number of rotatable bonds is 14. The van der Waals surface area contributed by atoms with E-state index in [1.807, 2.05) is 43.3 Å². The lowest BCUT2D eigenvalue weighted by Gasteiger charge is -2.23. The van der Waals surface area contributed by atoms with E-state index in [9.17, 15) is 9.59 Å². The third kappa shape index (κ3) is 7.04. The predicted octanol–water partition coefficient (Wildman–Crippen LogP) is 6.81. The van der Waals surface area contributed by atoms with E-state index in [0.29, 0.717) is 42.4 Å². The van der Waals surface area contributed by atoms with Crippen molar-refractivity contribution in [2.45, 2.75) is 32.6 Å². The quantitative estimate of drug-likeness (QED) is 0.132.